The Morgan fingerprint density at radius 2 is 2.08 bits per heavy atom. The third-order valence-corrected chi connectivity index (χ3v) is 4.14. The van der Waals surface area contributed by atoms with Gasteiger partial charge in [-0.3, -0.25) is 0 Å². The number of methoxy groups -OCH3 is 1. The van der Waals surface area contributed by atoms with Crippen LogP contribution < -0.4 is 0 Å². The standard InChI is InChI=1S/C7H16ClNO3S/c1-4-9(7(2)5-12-3)13(10,11)6-8/h7H,4-6H2,1-3H3. The maximum atomic E-state index is 11.4. The summed E-state index contributed by atoms with van der Waals surface area (Å²) in [4.78, 5) is 0. The van der Waals surface area contributed by atoms with Gasteiger partial charge in [-0.2, -0.15) is 4.31 Å². The molecule has 0 spiro atoms. The van der Waals surface area contributed by atoms with Crippen LogP contribution in [0.15, 0.2) is 0 Å². The van der Waals surface area contributed by atoms with Gasteiger partial charge in [0.05, 0.1) is 6.61 Å². The largest absolute Gasteiger partial charge is 0.383 e. The molecule has 80 valence electrons. The number of hydrogen-bond acceptors (Lipinski definition) is 3. The SMILES string of the molecule is CCN(C(C)COC)S(=O)(=O)CCl. The molecule has 0 aliphatic heterocycles. The fraction of sp³-hybridized carbons (Fsp3) is 1.00. The predicted molar refractivity (Wildman–Crippen MR) is 53.4 cm³/mol. The number of hydrogen-bond donors (Lipinski definition) is 0. The summed E-state index contributed by atoms with van der Waals surface area (Å²) in [5, 5.41) is -0.380. The molecule has 4 nitrogen and oxygen atoms in total. The van der Waals surface area contributed by atoms with Crippen molar-refractivity contribution in [3.05, 3.63) is 0 Å². The average molecular weight is 230 g/mol. The molecule has 0 radical (unpaired) electrons. The molecular formula is C7H16ClNO3S. The molecule has 0 rings (SSSR count). The minimum absolute atomic E-state index is 0.168. The average Bonchev–Trinajstić information content (AvgIpc) is 2.05. The zero-order valence-electron chi connectivity index (χ0n) is 8.16. The summed E-state index contributed by atoms with van der Waals surface area (Å²) in [6.45, 7) is 4.36. The Morgan fingerprint density at radius 3 is 2.38 bits per heavy atom. The number of rotatable bonds is 6. The monoisotopic (exact) mass is 229 g/mol. The van der Waals surface area contributed by atoms with Crippen molar-refractivity contribution in [3.8, 4) is 0 Å². The lowest BCUT2D eigenvalue weighted by molar-refractivity contribution is 0.143. The number of sulfonamides is 1. The summed E-state index contributed by atoms with van der Waals surface area (Å²) in [7, 11) is -1.77. The van der Waals surface area contributed by atoms with Crippen LogP contribution in [0.1, 0.15) is 13.8 Å². The van der Waals surface area contributed by atoms with Crippen molar-refractivity contribution in [2.45, 2.75) is 19.9 Å². The van der Waals surface area contributed by atoms with E-state index < -0.39 is 10.0 Å². The van der Waals surface area contributed by atoms with Crippen LogP contribution in [-0.4, -0.2) is 44.2 Å². The molecule has 0 saturated carbocycles. The first-order chi connectivity index (χ1) is 5.99. The number of alkyl halides is 1. The van der Waals surface area contributed by atoms with Gasteiger partial charge < -0.3 is 4.74 Å². The lowest BCUT2D eigenvalue weighted by Gasteiger charge is -2.25. The van der Waals surface area contributed by atoms with Gasteiger partial charge in [-0.05, 0) is 6.92 Å². The molecule has 1 unspecified atom stereocenters. The molecule has 0 fully saturated rings. The molecule has 1 atom stereocenters. The first-order valence-electron chi connectivity index (χ1n) is 4.04. The normalized spacial score (nSPS) is 14.8. The Balaban J connectivity index is 4.50. The third kappa shape index (κ3) is 3.81. The maximum absolute atomic E-state index is 11.4. The van der Waals surface area contributed by atoms with E-state index in [9.17, 15) is 8.42 Å². The minimum atomic E-state index is -3.31. The van der Waals surface area contributed by atoms with Gasteiger partial charge in [0.1, 0.15) is 5.21 Å². The van der Waals surface area contributed by atoms with Gasteiger partial charge in [0, 0.05) is 19.7 Å². The number of likely N-dealkylation sites (N-methyl/N-ethyl adjacent to an activating group) is 1. The summed E-state index contributed by atoms with van der Waals surface area (Å²) in [6, 6.07) is -0.168. The van der Waals surface area contributed by atoms with E-state index in [0.717, 1.165) is 0 Å². The van der Waals surface area contributed by atoms with E-state index in [2.05, 4.69) is 0 Å². The van der Waals surface area contributed by atoms with Crippen molar-refractivity contribution < 1.29 is 13.2 Å². The summed E-state index contributed by atoms with van der Waals surface area (Å²) in [6.07, 6.45) is 0. The third-order valence-electron chi connectivity index (χ3n) is 1.71. The van der Waals surface area contributed by atoms with Crippen LogP contribution in [0.4, 0.5) is 0 Å². The first kappa shape index (κ1) is 13.2. The maximum Gasteiger partial charge on any atom is 0.228 e. The lowest BCUT2D eigenvalue weighted by Crippen LogP contribution is -2.41. The number of nitrogens with zero attached hydrogens (tertiary/aromatic N) is 1. The highest BCUT2D eigenvalue weighted by atomic mass is 35.5. The van der Waals surface area contributed by atoms with E-state index in [1.807, 2.05) is 0 Å². The van der Waals surface area contributed by atoms with Gasteiger partial charge in [0.25, 0.3) is 0 Å². The van der Waals surface area contributed by atoms with Gasteiger partial charge >= 0.3 is 0 Å². The van der Waals surface area contributed by atoms with Gasteiger partial charge in [-0.15, -0.1) is 11.6 Å². The predicted octanol–water partition coefficient (Wildman–Crippen LogP) is 0.869. The highest BCUT2D eigenvalue weighted by Gasteiger charge is 2.24. The van der Waals surface area contributed by atoms with E-state index in [4.69, 9.17) is 16.3 Å². The first-order valence-corrected chi connectivity index (χ1v) is 6.18. The van der Waals surface area contributed by atoms with E-state index >= 15 is 0 Å². The Labute approximate surface area is 84.9 Å². The quantitative estimate of drug-likeness (QED) is 0.635. The topological polar surface area (TPSA) is 46.6 Å². The number of ether oxygens (including phenoxy) is 1. The van der Waals surface area contributed by atoms with Crippen LogP contribution in [-0.2, 0) is 14.8 Å². The van der Waals surface area contributed by atoms with Crippen LogP contribution >= 0.6 is 11.6 Å². The zero-order valence-corrected chi connectivity index (χ0v) is 9.73. The van der Waals surface area contributed by atoms with Crippen LogP contribution in [0, 0.1) is 0 Å². The summed E-state index contributed by atoms with van der Waals surface area (Å²) in [5.74, 6) is 0. The van der Waals surface area contributed by atoms with Gasteiger partial charge in [0.2, 0.25) is 10.0 Å². The highest BCUT2D eigenvalue weighted by Crippen LogP contribution is 2.08. The van der Waals surface area contributed by atoms with Crippen molar-refractivity contribution in [3.63, 3.8) is 0 Å². The Hall–Kier alpha value is 0.160. The molecule has 13 heavy (non-hydrogen) atoms. The Kier molecular flexibility index (Phi) is 5.87. The summed E-state index contributed by atoms with van der Waals surface area (Å²) in [5.41, 5.74) is 0. The minimum Gasteiger partial charge on any atom is -0.383 e. The molecular weight excluding hydrogens is 214 g/mol. The second-order valence-corrected chi connectivity index (χ2v) is 5.23. The molecule has 0 amide bonds. The fourth-order valence-electron chi connectivity index (χ4n) is 1.17. The zero-order chi connectivity index (χ0) is 10.5. The van der Waals surface area contributed by atoms with Gasteiger partial charge in [-0.25, -0.2) is 8.42 Å². The second kappa shape index (κ2) is 5.80. The highest BCUT2D eigenvalue weighted by molar-refractivity contribution is 7.90. The van der Waals surface area contributed by atoms with Gasteiger partial charge in [0.15, 0.2) is 0 Å². The van der Waals surface area contributed by atoms with E-state index in [0.29, 0.717) is 13.2 Å². The fourth-order valence-corrected chi connectivity index (χ4v) is 2.67. The molecule has 6 heteroatoms. The second-order valence-electron chi connectivity index (χ2n) is 2.73. The molecule has 0 aliphatic carbocycles. The number of halogens is 1. The van der Waals surface area contributed by atoms with Crippen molar-refractivity contribution >= 4 is 21.6 Å². The molecule has 0 heterocycles. The smallest absolute Gasteiger partial charge is 0.228 e. The van der Waals surface area contributed by atoms with Crippen LogP contribution in [0.5, 0.6) is 0 Å². The van der Waals surface area contributed by atoms with Crippen LogP contribution in [0.25, 0.3) is 0 Å². The molecule has 0 bridgehead atoms. The van der Waals surface area contributed by atoms with E-state index in [-0.39, 0.29) is 11.3 Å². The molecule has 0 saturated heterocycles. The van der Waals surface area contributed by atoms with Crippen molar-refractivity contribution in [1.29, 1.82) is 0 Å². The molecule has 0 aromatic carbocycles. The van der Waals surface area contributed by atoms with E-state index in [1.54, 1.807) is 13.8 Å². The summed E-state index contributed by atoms with van der Waals surface area (Å²) < 4.78 is 29.0. The molecule has 0 aromatic rings. The van der Waals surface area contributed by atoms with Crippen LogP contribution in [0.3, 0.4) is 0 Å². The molecule has 0 N–H and O–H groups in total. The lowest BCUT2D eigenvalue weighted by atomic mass is 10.4. The van der Waals surface area contributed by atoms with Crippen molar-refractivity contribution in [1.82, 2.24) is 4.31 Å². The summed E-state index contributed by atoms with van der Waals surface area (Å²) >= 11 is 5.34. The Morgan fingerprint density at radius 1 is 1.54 bits per heavy atom. The molecule has 0 aliphatic rings. The van der Waals surface area contributed by atoms with Crippen molar-refractivity contribution in [2.24, 2.45) is 0 Å². The van der Waals surface area contributed by atoms with Crippen LogP contribution in [0.2, 0.25) is 0 Å². The van der Waals surface area contributed by atoms with Gasteiger partial charge in [-0.1, -0.05) is 6.92 Å². The van der Waals surface area contributed by atoms with E-state index in [1.165, 1.54) is 11.4 Å². The Bertz CT molecular complexity index is 230. The molecule has 0 aromatic heterocycles. The van der Waals surface area contributed by atoms with Crippen molar-refractivity contribution in [2.75, 3.05) is 25.5 Å².